The van der Waals surface area contributed by atoms with Crippen molar-refractivity contribution in [2.24, 2.45) is 4.99 Å². The molecule has 0 aliphatic heterocycles. The molecule has 0 fully saturated rings. The number of rotatable bonds is 5. The number of para-hydroxylation sites is 1. The maximum absolute atomic E-state index is 10.3. The molecule has 3 aromatic carbocycles. The minimum absolute atomic E-state index is 0.0542. The third-order valence-electron chi connectivity index (χ3n) is 4.24. The van der Waals surface area contributed by atoms with Gasteiger partial charge in [0.1, 0.15) is 5.52 Å². The summed E-state index contributed by atoms with van der Waals surface area (Å²) in [6.07, 6.45) is 1.58. The van der Waals surface area contributed by atoms with Gasteiger partial charge in [-0.2, -0.15) is 0 Å². The van der Waals surface area contributed by atoms with Crippen LogP contribution in [-0.2, 0) is 0 Å². The van der Waals surface area contributed by atoms with Crippen LogP contribution >= 0.6 is 23.2 Å². The monoisotopic (exact) mass is 426 g/mol. The first-order valence-electron chi connectivity index (χ1n) is 8.90. The Kier molecular flexibility index (Phi) is 5.43. The number of benzene rings is 3. The molecule has 4 aromatic rings. The molecule has 0 atom stereocenters. The first kappa shape index (κ1) is 19.3. The molecule has 7 heteroatoms. The van der Waals surface area contributed by atoms with Crippen LogP contribution in [0.15, 0.2) is 64.0 Å². The lowest BCUT2D eigenvalue weighted by Gasteiger charge is -2.07. The SMILES string of the molecule is CCOc1cccc(C=Nc2ccc3oc(-c4cccc(Cl)c4Cl)nc3c2)c1O. The van der Waals surface area contributed by atoms with E-state index in [9.17, 15) is 5.11 Å². The number of halogens is 2. The molecule has 29 heavy (non-hydrogen) atoms. The number of nitrogens with zero attached hydrogens (tertiary/aromatic N) is 2. The molecule has 0 aliphatic carbocycles. The van der Waals surface area contributed by atoms with Gasteiger partial charge in [0.15, 0.2) is 17.1 Å². The quantitative estimate of drug-likeness (QED) is 0.362. The Morgan fingerprint density at radius 3 is 2.79 bits per heavy atom. The molecule has 0 saturated heterocycles. The van der Waals surface area contributed by atoms with Crippen LogP contribution in [0.5, 0.6) is 11.5 Å². The fourth-order valence-electron chi connectivity index (χ4n) is 2.84. The lowest BCUT2D eigenvalue weighted by Crippen LogP contribution is -1.93. The Morgan fingerprint density at radius 2 is 1.97 bits per heavy atom. The maximum Gasteiger partial charge on any atom is 0.228 e. The van der Waals surface area contributed by atoms with E-state index in [0.717, 1.165) is 0 Å². The van der Waals surface area contributed by atoms with Gasteiger partial charge in [-0.25, -0.2) is 4.98 Å². The van der Waals surface area contributed by atoms with Crippen LogP contribution in [-0.4, -0.2) is 22.9 Å². The first-order chi connectivity index (χ1) is 14.1. The van der Waals surface area contributed by atoms with Gasteiger partial charge in [0, 0.05) is 11.8 Å². The average molecular weight is 427 g/mol. The van der Waals surface area contributed by atoms with Crippen LogP contribution < -0.4 is 4.74 Å². The highest BCUT2D eigenvalue weighted by molar-refractivity contribution is 6.43. The van der Waals surface area contributed by atoms with Crippen LogP contribution in [0.2, 0.25) is 10.0 Å². The fourth-order valence-corrected chi connectivity index (χ4v) is 3.22. The van der Waals surface area contributed by atoms with Gasteiger partial charge in [-0.3, -0.25) is 4.99 Å². The molecule has 0 radical (unpaired) electrons. The second-order valence-electron chi connectivity index (χ2n) is 6.16. The highest BCUT2D eigenvalue weighted by Gasteiger charge is 2.14. The van der Waals surface area contributed by atoms with Crippen LogP contribution in [0.25, 0.3) is 22.6 Å². The number of ether oxygens (including phenoxy) is 1. The second-order valence-corrected chi connectivity index (χ2v) is 6.94. The van der Waals surface area contributed by atoms with Crippen molar-refractivity contribution in [1.29, 1.82) is 0 Å². The summed E-state index contributed by atoms with van der Waals surface area (Å²) in [5.41, 5.74) is 3.09. The molecule has 0 unspecified atom stereocenters. The number of phenolic OH excluding ortho intramolecular Hbond substituents is 1. The van der Waals surface area contributed by atoms with Crippen molar-refractivity contribution in [3.05, 3.63) is 70.2 Å². The molecule has 5 nitrogen and oxygen atoms in total. The summed E-state index contributed by atoms with van der Waals surface area (Å²) in [6.45, 7) is 2.33. The Morgan fingerprint density at radius 1 is 1.14 bits per heavy atom. The predicted octanol–water partition coefficient (Wildman–Crippen LogP) is 6.66. The normalized spacial score (nSPS) is 11.4. The molecule has 0 saturated carbocycles. The molecule has 146 valence electrons. The Balaban J connectivity index is 1.66. The van der Waals surface area contributed by atoms with Gasteiger partial charge < -0.3 is 14.3 Å². The molecule has 0 spiro atoms. The highest BCUT2D eigenvalue weighted by atomic mass is 35.5. The van der Waals surface area contributed by atoms with Crippen molar-refractivity contribution in [1.82, 2.24) is 4.98 Å². The van der Waals surface area contributed by atoms with Gasteiger partial charge in [-0.05, 0) is 49.4 Å². The number of fused-ring (bicyclic) bond motifs is 1. The largest absolute Gasteiger partial charge is 0.504 e. The van der Waals surface area contributed by atoms with Crippen molar-refractivity contribution in [3.63, 3.8) is 0 Å². The first-order valence-corrected chi connectivity index (χ1v) is 9.66. The zero-order valence-electron chi connectivity index (χ0n) is 15.4. The van der Waals surface area contributed by atoms with E-state index in [1.165, 1.54) is 0 Å². The summed E-state index contributed by atoms with van der Waals surface area (Å²) in [5.74, 6) is 0.862. The van der Waals surface area contributed by atoms with Gasteiger partial charge in [0.25, 0.3) is 0 Å². The fraction of sp³-hybridized carbons (Fsp3) is 0.0909. The minimum atomic E-state index is 0.0542. The average Bonchev–Trinajstić information content (AvgIpc) is 3.14. The summed E-state index contributed by atoms with van der Waals surface area (Å²) < 4.78 is 11.2. The Hall–Kier alpha value is -3.02. The van der Waals surface area contributed by atoms with Crippen LogP contribution in [0.3, 0.4) is 0 Å². The molecular formula is C22H16Cl2N2O3. The number of phenols is 1. The minimum Gasteiger partial charge on any atom is -0.504 e. The summed E-state index contributed by atoms with van der Waals surface area (Å²) in [7, 11) is 0. The predicted molar refractivity (Wildman–Crippen MR) is 116 cm³/mol. The van der Waals surface area contributed by atoms with Crippen molar-refractivity contribution >= 4 is 46.2 Å². The zero-order valence-corrected chi connectivity index (χ0v) is 16.9. The smallest absolute Gasteiger partial charge is 0.228 e. The van der Waals surface area contributed by atoms with Crippen LogP contribution in [0.4, 0.5) is 5.69 Å². The maximum atomic E-state index is 10.3. The van der Waals surface area contributed by atoms with E-state index < -0.39 is 0 Å². The summed E-state index contributed by atoms with van der Waals surface area (Å²) >= 11 is 12.3. The van der Waals surface area contributed by atoms with Gasteiger partial charge >= 0.3 is 0 Å². The van der Waals surface area contributed by atoms with E-state index in [2.05, 4.69) is 9.98 Å². The number of hydrogen-bond acceptors (Lipinski definition) is 5. The number of aliphatic imine (C=N–C) groups is 1. The van der Waals surface area contributed by atoms with Gasteiger partial charge in [-0.15, -0.1) is 0 Å². The van der Waals surface area contributed by atoms with Crippen molar-refractivity contribution < 1.29 is 14.3 Å². The second kappa shape index (κ2) is 8.15. The number of oxazole rings is 1. The summed E-state index contributed by atoms with van der Waals surface area (Å²) in [5, 5.41) is 11.1. The Bertz CT molecular complexity index is 1220. The number of hydrogen-bond donors (Lipinski definition) is 1. The van der Waals surface area contributed by atoms with Crippen LogP contribution in [0, 0.1) is 0 Å². The van der Waals surface area contributed by atoms with Gasteiger partial charge in [0.2, 0.25) is 5.89 Å². The molecular weight excluding hydrogens is 411 g/mol. The molecule has 1 N–H and O–H groups in total. The van der Waals surface area contributed by atoms with E-state index in [1.807, 2.05) is 6.92 Å². The third-order valence-corrected chi connectivity index (χ3v) is 5.05. The molecule has 0 bridgehead atoms. The van der Waals surface area contributed by atoms with E-state index in [0.29, 0.717) is 56.2 Å². The molecule has 1 aromatic heterocycles. The molecule has 1 heterocycles. The van der Waals surface area contributed by atoms with E-state index in [-0.39, 0.29) is 5.75 Å². The van der Waals surface area contributed by atoms with Crippen molar-refractivity contribution in [2.45, 2.75) is 6.92 Å². The van der Waals surface area contributed by atoms with Crippen LogP contribution in [0.1, 0.15) is 12.5 Å². The third kappa shape index (κ3) is 3.92. The molecule has 0 aliphatic rings. The van der Waals surface area contributed by atoms with Crippen molar-refractivity contribution in [2.75, 3.05) is 6.61 Å². The van der Waals surface area contributed by atoms with E-state index >= 15 is 0 Å². The van der Waals surface area contributed by atoms with Crippen molar-refractivity contribution in [3.8, 4) is 23.0 Å². The lowest BCUT2D eigenvalue weighted by atomic mass is 10.2. The molecule has 4 rings (SSSR count). The summed E-state index contributed by atoms with van der Waals surface area (Å²) in [4.78, 5) is 8.94. The number of aromatic hydroxyl groups is 1. The van der Waals surface area contributed by atoms with Gasteiger partial charge in [-0.1, -0.05) is 35.3 Å². The standard InChI is InChI=1S/C22H16Cl2N2O3/c1-2-28-19-8-3-5-13(21(19)27)12-25-14-9-10-18-17(11-14)26-22(29-18)15-6-4-7-16(23)20(15)24/h3-12,27H,2H2,1H3. The highest BCUT2D eigenvalue weighted by Crippen LogP contribution is 2.35. The molecule has 0 amide bonds. The summed E-state index contributed by atoms with van der Waals surface area (Å²) in [6, 6.07) is 15.9. The van der Waals surface area contributed by atoms with E-state index in [1.54, 1.807) is 60.8 Å². The lowest BCUT2D eigenvalue weighted by molar-refractivity contribution is 0.318. The Labute approximate surface area is 177 Å². The number of aromatic nitrogens is 1. The topological polar surface area (TPSA) is 67.9 Å². The van der Waals surface area contributed by atoms with E-state index in [4.69, 9.17) is 32.4 Å². The van der Waals surface area contributed by atoms with Gasteiger partial charge in [0.05, 0.1) is 27.9 Å². The zero-order chi connectivity index (χ0) is 20.4.